The third-order valence-corrected chi connectivity index (χ3v) is 4.45. The third kappa shape index (κ3) is 19.6. The smallest absolute Gasteiger partial charge is 0.152 e. The molecule has 0 aromatic heterocycles. The van der Waals surface area contributed by atoms with Crippen molar-refractivity contribution in [1.29, 1.82) is 0 Å². The zero-order valence-electron chi connectivity index (χ0n) is 15.9. The molecule has 0 fully saturated rings. The number of hydrogen-bond acceptors (Lipinski definition) is 4. The maximum Gasteiger partial charge on any atom is 0.152 e. The molecule has 4 nitrogen and oxygen atoms in total. The van der Waals surface area contributed by atoms with Crippen LogP contribution in [-0.2, 0) is 4.79 Å². The molecule has 0 atom stereocenters. The summed E-state index contributed by atoms with van der Waals surface area (Å²) in [4.78, 5) is 11.7. The Morgan fingerprint density at radius 2 is 1.25 bits per heavy atom. The van der Waals surface area contributed by atoms with E-state index in [-0.39, 0.29) is 0 Å². The minimum absolute atomic E-state index is 0.340. The summed E-state index contributed by atoms with van der Waals surface area (Å²) in [6.45, 7) is 3.62. The lowest BCUT2D eigenvalue weighted by Gasteiger charge is -2.06. The van der Waals surface area contributed by atoms with Crippen LogP contribution in [0.4, 0.5) is 0 Å². The number of ketones is 1. The minimum Gasteiger partial charge on any atom is -0.368 e. The van der Waals surface area contributed by atoms with Crippen molar-refractivity contribution in [2.45, 2.75) is 110 Å². The number of unbranched alkanes of at least 4 members (excludes halogenated alkanes) is 10. The number of carbonyl (C=O) groups excluding carboxylic acids is 1. The van der Waals surface area contributed by atoms with Crippen LogP contribution in [0.2, 0.25) is 0 Å². The fraction of sp³-hybridized carbons (Fsp3) is 0.950. The van der Waals surface area contributed by atoms with Crippen molar-refractivity contribution >= 4 is 5.78 Å². The predicted octanol–water partition coefficient (Wildman–Crippen LogP) is 4.33. The Balaban J connectivity index is 3.15. The van der Waals surface area contributed by atoms with Crippen molar-refractivity contribution in [3.63, 3.8) is 0 Å². The summed E-state index contributed by atoms with van der Waals surface area (Å²) in [7, 11) is 0. The van der Waals surface area contributed by atoms with E-state index in [9.17, 15) is 4.79 Å². The first-order chi connectivity index (χ1) is 11.7. The molecular formula is C20H41NO3. The molecule has 0 rings (SSSR count). The molecule has 0 saturated heterocycles. The van der Waals surface area contributed by atoms with E-state index in [0.29, 0.717) is 25.2 Å². The molecule has 0 amide bonds. The van der Waals surface area contributed by atoms with Gasteiger partial charge in [-0.15, -0.1) is 0 Å². The van der Waals surface area contributed by atoms with Gasteiger partial charge in [-0.05, 0) is 25.9 Å². The zero-order valence-corrected chi connectivity index (χ0v) is 15.9. The van der Waals surface area contributed by atoms with Gasteiger partial charge in [-0.3, -0.25) is 4.79 Å². The van der Waals surface area contributed by atoms with Gasteiger partial charge in [0.05, 0.1) is 0 Å². The molecule has 24 heavy (non-hydrogen) atoms. The summed E-state index contributed by atoms with van der Waals surface area (Å²) in [5.41, 5.74) is 0. The fourth-order valence-corrected chi connectivity index (χ4v) is 2.88. The fourth-order valence-electron chi connectivity index (χ4n) is 2.88. The Hall–Kier alpha value is -0.450. The van der Waals surface area contributed by atoms with Crippen molar-refractivity contribution in [2.75, 3.05) is 13.1 Å². The Bertz CT molecular complexity index is 270. The lowest BCUT2D eigenvalue weighted by molar-refractivity contribution is -0.119. The second-order valence-corrected chi connectivity index (χ2v) is 6.95. The molecule has 0 aliphatic rings. The predicted molar refractivity (Wildman–Crippen MR) is 101 cm³/mol. The molecule has 0 radical (unpaired) electrons. The first kappa shape index (κ1) is 23.5. The Labute approximate surface area is 149 Å². The highest BCUT2D eigenvalue weighted by molar-refractivity contribution is 5.78. The average Bonchev–Trinajstić information content (AvgIpc) is 2.55. The Morgan fingerprint density at radius 3 is 1.79 bits per heavy atom. The molecule has 0 aromatic carbocycles. The maximum atomic E-state index is 11.7. The van der Waals surface area contributed by atoms with Crippen LogP contribution in [0.25, 0.3) is 0 Å². The molecule has 0 aliphatic heterocycles. The number of hydrogen-bond donors (Lipinski definition) is 3. The molecule has 0 aromatic rings. The van der Waals surface area contributed by atoms with E-state index >= 15 is 0 Å². The monoisotopic (exact) mass is 343 g/mol. The van der Waals surface area contributed by atoms with E-state index in [2.05, 4.69) is 12.2 Å². The number of Topliss-reactive ketones (excluding diaryl/α,β-unsaturated/α-hetero) is 1. The number of nitrogens with one attached hydrogen (secondary N) is 1. The van der Waals surface area contributed by atoms with E-state index in [0.717, 1.165) is 25.8 Å². The molecule has 0 bridgehead atoms. The SMILES string of the molecule is CCCCCCCCCCCCCC(=O)CCCNCCC(O)O. The highest BCUT2D eigenvalue weighted by Crippen LogP contribution is 2.12. The van der Waals surface area contributed by atoms with Gasteiger partial charge in [-0.2, -0.15) is 0 Å². The standard InChI is InChI=1S/C20H41NO3/c1-2-3-4-5-6-7-8-9-10-11-12-14-19(22)15-13-17-21-18-16-20(23)24/h20-21,23-24H,2-18H2,1H3. The summed E-state index contributed by atoms with van der Waals surface area (Å²) in [6, 6.07) is 0. The van der Waals surface area contributed by atoms with Crippen LogP contribution >= 0.6 is 0 Å². The van der Waals surface area contributed by atoms with E-state index in [4.69, 9.17) is 10.2 Å². The molecule has 0 unspecified atom stereocenters. The van der Waals surface area contributed by atoms with Crippen molar-refractivity contribution in [1.82, 2.24) is 5.32 Å². The molecule has 3 N–H and O–H groups in total. The third-order valence-electron chi connectivity index (χ3n) is 4.45. The second kappa shape index (κ2) is 18.9. The average molecular weight is 344 g/mol. The lowest BCUT2D eigenvalue weighted by atomic mass is 10.0. The van der Waals surface area contributed by atoms with Crippen molar-refractivity contribution in [3.05, 3.63) is 0 Å². The van der Waals surface area contributed by atoms with E-state index in [1.807, 2.05) is 0 Å². The Kier molecular flexibility index (Phi) is 18.5. The Morgan fingerprint density at radius 1 is 0.750 bits per heavy atom. The van der Waals surface area contributed by atoms with E-state index < -0.39 is 6.29 Å². The van der Waals surface area contributed by atoms with Gasteiger partial charge in [0.2, 0.25) is 0 Å². The summed E-state index contributed by atoms with van der Waals surface area (Å²) < 4.78 is 0. The number of carbonyl (C=O) groups is 1. The number of aliphatic hydroxyl groups excluding tert-OH is 1. The van der Waals surface area contributed by atoms with Crippen LogP contribution < -0.4 is 5.32 Å². The minimum atomic E-state index is -1.24. The van der Waals surface area contributed by atoms with E-state index in [1.54, 1.807) is 0 Å². The maximum absolute atomic E-state index is 11.7. The highest BCUT2D eigenvalue weighted by Gasteiger charge is 2.02. The quantitative estimate of drug-likeness (QED) is 0.241. The van der Waals surface area contributed by atoms with Gasteiger partial charge in [0, 0.05) is 19.3 Å². The van der Waals surface area contributed by atoms with Gasteiger partial charge in [-0.25, -0.2) is 0 Å². The van der Waals surface area contributed by atoms with Gasteiger partial charge >= 0.3 is 0 Å². The van der Waals surface area contributed by atoms with Crippen molar-refractivity contribution in [3.8, 4) is 0 Å². The molecule has 4 heteroatoms. The van der Waals surface area contributed by atoms with Crippen molar-refractivity contribution < 1.29 is 15.0 Å². The summed E-state index contributed by atoms with van der Waals surface area (Å²) >= 11 is 0. The number of rotatable bonds is 19. The van der Waals surface area contributed by atoms with Crippen LogP contribution in [0.15, 0.2) is 0 Å². The molecule has 0 aliphatic carbocycles. The molecule has 0 heterocycles. The first-order valence-electron chi connectivity index (χ1n) is 10.3. The van der Waals surface area contributed by atoms with Crippen LogP contribution in [0.3, 0.4) is 0 Å². The van der Waals surface area contributed by atoms with Crippen molar-refractivity contribution in [2.24, 2.45) is 0 Å². The lowest BCUT2D eigenvalue weighted by Crippen LogP contribution is -2.21. The van der Waals surface area contributed by atoms with Gasteiger partial charge in [0.15, 0.2) is 6.29 Å². The summed E-state index contributed by atoms with van der Waals surface area (Å²) in [5.74, 6) is 0.370. The molecule has 144 valence electrons. The second-order valence-electron chi connectivity index (χ2n) is 6.95. The molecular weight excluding hydrogens is 302 g/mol. The van der Waals surface area contributed by atoms with Crippen LogP contribution in [0.1, 0.15) is 103 Å². The largest absolute Gasteiger partial charge is 0.368 e. The summed E-state index contributed by atoms with van der Waals surface area (Å²) in [6.07, 6.45) is 15.8. The zero-order chi connectivity index (χ0) is 17.9. The van der Waals surface area contributed by atoms with Crippen LogP contribution in [0.5, 0.6) is 0 Å². The van der Waals surface area contributed by atoms with Crippen LogP contribution in [0, 0.1) is 0 Å². The van der Waals surface area contributed by atoms with Gasteiger partial charge < -0.3 is 15.5 Å². The first-order valence-corrected chi connectivity index (χ1v) is 10.3. The summed E-state index contributed by atoms with van der Waals surface area (Å²) in [5, 5.41) is 20.5. The molecule has 0 saturated carbocycles. The normalized spacial score (nSPS) is 11.3. The van der Waals surface area contributed by atoms with Gasteiger partial charge in [0.1, 0.15) is 5.78 Å². The van der Waals surface area contributed by atoms with Gasteiger partial charge in [0.25, 0.3) is 0 Å². The number of aliphatic hydroxyl groups is 2. The highest BCUT2D eigenvalue weighted by atomic mass is 16.5. The topological polar surface area (TPSA) is 69.6 Å². The molecule has 0 spiro atoms. The van der Waals surface area contributed by atoms with E-state index in [1.165, 1.54) is 64.2 Å². The van der Waals surface area contributed by atoms with Gasteiger partial charge in [-0.1, -0.05) is 71.1 Å². The van der Waals surface area contributed by atoms with Crippen LogP contribution in [-0.4, -0.2) is 35.4 Å².